The molecule has 0 N–H and O–H groups in total. The Labute approximate surface area is 118 Å². The van der Waals surface area contributed by atoms with Crippen LogP contribution in [0.1, 0.15) is 64.4 Å². The van der Waals surface area contributed by atoms with Gasteiger partial charge < -0.3 is 4.52 Å². The van der Waals surface area contributed by atoms with E-state index in [1.54, 1.807) is 0 Å². The molecule has 1 aromatic rings. The minimum atomic E-state index is -1.17. The molecule has 0 aliphatic rings. The van der Waals surface area contributed by atoms with Gasteiger partial charge in [0, 0.05) is 0 Å². The van der Waals surface area contributed by atoms with Crippen LogP contribution in [0.15, 0.2) is 30.3 Å². The van der Waals surface area contributed by atoms with Crippen molar-refractivity contribution in [2.24, 2.45) is 0 Å². The molecule has 0 radical (unpaired) electrons. The van der Waals surface area contributed by atoms with Crippen LogP contribution in [-0.2, 0) is 14.7 Å². The zero-order valence-electron chi connectivity index (χ0n) is 12.2. The van der Waals surface area contributed by atoms with E-state index in [9.17, 15) is 4.57 Å². The molecule has 0 saturated carbocycles. The molecular weight excluding hydrogens is 255 g/mol. The van der Waals surface area contributed by atoms with E-state index in [1.807, 2.05) is 18.2 Å². The van der Waals surface area contributed by atoms with Gasteiger partial charge in [0.15, 0.2) is 8.69 Å². The second kappa shape index (κ2) is 9.34. The van der Waals surface area contributed by atoms with E-state index >= 15 is 0 Å². The fourth-order valence-electron chi connectivity index (χ4n) is 2.56. The molecule has 0 amide bonds. The molecule has 2 nitrogen and oxygen atoms in total. The Kier molecular flexibility index (Phi) is 8.09. The first-order valence-corrected chi connectivity index (χ1v) is 8.40. The molecule has 0 aromatic heterocycles. The second-order valence-corrected chi connectivity index (χ2v) is 5.56. The van der Waals surface area contributed by atoms with Gasteiger partial charge >= 0.3 is 0 Å². The average Bonchev–Trinajstić information content (AvgIpc) is 2.46. The van der Waals surface area contributed by atoms with Crippen LogP contribution < -0.4 is 0 Å². The van der Waals surface area contributed by atoms with Gasteiger partial charge in [-0.05, 0) is 18.4 Å². The third-order valence-corrected chi connectivity index (χ3v) is 4.24. The lowest BCUT2D eigenvalue weighted by Crippen LogP contribution is -2.27. The highest BCUT2D eigenvalue weighted by molar-refractivity contribution is 7.17. The van der Waals surface area contributed by atoms with Crippen molar-refractivity contribution in [1.82, 2.24) is 0 Å². The van der Waals surface area contributed by atoms with Crippen LogP contribution >= 0.6 is 8.69 Å². The van der Waals surface area contributed by atoms with Crippen LogP contribution in [0.2, 0.25) is 0 Å². The quantitative estimate of drug-likeness (QED) is 0.427. The monoisotopic (exact) mass is 282 g/mol. The fraction of sp³-hybridized carbons (Fsp3) is 0.625. The maximum atomic E-state index is 11.2. The van der Waals surface area contributed by atoms with E-state index in [0.717, 1.165) is 32.1 Å². The molecule has 0 aliphatic heterocycles. The molecule has 2 atom stereocenters. The van der Waals surface area contributed by atoms with Gasteiger partial charge in [0.1, 0.15) is 5.60 Å². The highest BCUT2D eigenvalue weighted by Crippen LogP contribution is 2.39. The molecule has 0 saturated heterocycles. The molecule has 3 heteroatoms. The lowest BCUT2D eigenvalue weighted by atomic mass is 9.84. The van der Waals surface area contributed by atoms with E-state index in [-0.39, 0.29) is 5.60 Å². The van der Waals surface area contributed by atoms with Gasteiger partial charge in [-0.3, -0.25) is 4.57 Å². The summed E-state index contributed by atoms with van der Waals surface area (Å²) < 4.78 is 17.0. The van der Waals surface area contributed by atoms with Crippen LogP contribution in [0.3, 0.4) is 0 Å². The molecule has 2 unspecified atom stereocenters. The molecule has 108 valence electrons. The summed E-state index contributed by atoms with van der Waals surface area (Å²) >= 11 is 0. The average molecular weight is 282 g/mol. The predicted octanol–water partition coefficient (Wildman–Crippen LogP) is 5.34. The van der Waals surface area contributed by atoms with Gasteiger partial charge in [-0.25, -0.2) is 0 Å². The summed E-state index contributed by atoms with van der Waals surface area (Å²) in [7, 11) is -1.17. The van der Waals surface area contributed by atoms with E-state index in [2.05, 4.69) is 26.0 Å². The molecule has 0 fully saturated rings. The topological polar surface area (TPSA) is 26.3 Å². The molecular formula is C16H27O2P. The van der Waals surface area contributed by atoms with E-state index in [1.165, 1.54) is 18.4 Å². The summed E-state index contributed by atoms with van der Waals surface area (Å²) in [5.74, 6) is 0. The summed E-state index contributed by atoms with van der Waals surface area (Å²) in [6.45, 7) is 4.39. The Balaban J connectivity index is 2.92. The Hall–Kier alpha value is -0.590. The predicted molar refractivity (Wildman–Crippen MR) is 83.3 cm³/mol. The number of rotatable bonds is 10. The number of unbranched alkanes of at least 4 members (excludes halogenated alkanes) is 3. The first-order valence-electron chi connectivity index (χ1n) is 7.46. The lowest BCUT2D eigenvalue weighted by Gasteiger charge is -2.32. The smallest absolute Gasteiger partial charge is 0.180 e. The van der Waals surface area contributed by atoms with Gasteiger partial charge in [0.2, 0.25) is 0 Å². The standard InChI is InChI=1S/C16H27O2P/c1-3-5-10-14-16(18-19-17,13-6-4-2)15-11-8-7-9-12-15/h7-9,11-12H,3-6,10,13-14,19H2,1-2H3. The third kappa shape index (κ3) is 5.12. The van der Waals surface area contributed by atoms with E-state index < -0.39 is 8.69 Å². The Morgan fingerprint density at radius 3 is 2.21 bits per heavy atom. The van der Waals surface area contributed by atoms with Gasteiger partial charge in [-0.2, -0.15) is 0 Å². The van der Waals surface area contributed by atoms with Crippen LogP contribution in [0.4, 0.5) is 0 Å². The first-order chi connectivity index (χ1) is 9.29. The molecule has 1 aromatic carbocycles. The van der Waals surface area contributed by atoms with Gasteiger partial charge in [-0.15, -0.1) is 0 Å². The minimum absolute atomic E-state index is 0.330. The van der Waals surface area contributed by atoms with Crippen molar-refractivity contribution in [3.63, 3.8) is 0 Å². The Morgan fingerprint density at radius 2 is 1.63 bits per heavy atom. The van der Waals surface area contributed by atoms with Crippen molar-refractivity contribution in [3.8, 4) is 0 Å². The maximum Gasteiger partial charge on any atom is 0.180 e. The van der Waals surface area contributed by atoms with Crippen molar-refractivity contribution in [1.29, 1.82) is 0 Å². The normalized spacial score (nSPS) is 14.8. The van der Waals surface area contributed by atoms with E-state index in [4.69, 9.17) is 4.52 Å². The Morgan fingerprint density at radius 1 is 1.00 bits per heavy atom. The molecule has 19 heavy (non-hydrogen) atoms. The van der Waals surface area contributed by atoms with Gasteiger partial charge in [0.25, 0.3) is 0 Å². The van der Waals surface area contributed by atoms with Crippen LogP contribution in [0, 0.1) is 0 Å². The largest absolute Gasteiger partial charge is 0.321 e. The zero-order chi connectivity index (χ0) is 14.0. The second-order valence-electron chi connectivity index (χ2n) is 5.14. The van der Waals surface area contributed by atoms with E-state index in [0.29, 0.717) is 0 Å². The number of benzene rings is 1. The maximum absolute atomic E-state index is 11.2. The van der Waals surface area contributed by atoms with Gasteiger partial charge in [-0.1, -0.05) is 76.3 Å². The number of hydrogen-bond donors (Lipinski definition) is 0. The van der Waals surface area contributed by atoms with Crippen molar-refractivity contribution in [3.05, 3.63) is 35.9 Å². The van der Waals surface area contributed by atoms with Crippen LogP contribution in [0.25, 0.3) is 0 Å². The van der Waals surface area contributed by atoms with Gasteiger partial charge in [0.05, 0.1) is 0 Å². The highest BCUT2D eigenvalue weighted by atomic mass is 31.1. The number of hydrogen-bond acceptors (Lipinski definition) is 2. The molecule has 0 bridgehead atoms. The Bertz CT molecular complexity index is 353. The SMILES string of the molecule is CCCCCC(CCCC)(O[PH2]=O)c1ccccc1. The highest BCUT2D eigenvalue weighted by Gasteiger charge is 2.31. The van der Waals surface area contributed by atoms with Crippen LogP contribution in [-0.4, -0.2) is 0 Å². The third-order valence-electron chi connectivity index (χ3n) is 3.69. The molecule has 0 spiro atoms. The molecule has 0 aliphatic carbocycles. The zero-order valence-corrected chi connectivity index (χ0v) is 13.4. The minimum Gasteiger partial charge on any atom is -0.321 e. The van der Waals surface area contributed by atoms with Crippen molar-refractivity contribution < 1.29 is 9.09 Å². The first kappa shape index (κ1) is 16.5. The van der Waals surface area contributed by atoms with Crippen molar-refractivity contribution >= 4 is 8.69 Å². The fourth-order valence-corrected chi connectivity index (χ4v) is 3.11. The lowest BCUT2D eigenvalue weighted by molar-refractivity contribution is 0.0564. The molecule has 1 rings (SSSR count). The van der Waals surface area contributed by atoms with Crippen LogP contribution in [0.5, 0.6) is 0 Å². The van der Waals surface area contributed by atoms with Crippen molar-refractivity contribution in [2.75, 3.05) is 0 Å². The summed E-state index contributed by atoms with van der Waals surface area (Å²) in [5.41, 5.74) is 0.853. The summed E-state index contributed by atoms with van der Waals surface area (Å²) in [6.07, 6.45) is 7.72. The summed E-state index contributed by atoms with van der Waals surface area (Å²) in [4.78, 5) is 0. The molecule has 0 heterocycles. The van der Waals surface area contributed by atoms with Crippen molar-refractivity contribution in [2.45, 2.75) is 64.4 Å². The summed E-state index contributed by atoms with van der Waals surface area (Å²) in [5, 5.41) is 0. The summed E-state index contributed by atoms with van der Waals surface area (Å²) in [6, 6.07) is 10.3.